The number of rotatable bonds is 3. The second-order valence-electron chi connectivity index (χ2n) is 3.35. The molecule has 0 radical (unpaired) electrons. The summed E-state index contributed by atoms with van der Waals surface area (Å²) in [7, 11) is 0. The van der Waals surface area contributed by atoms with Crippen LogP contribution in [0.15, 0.2) is 18.2 Å². The van der Waals surface area contributed by atoms with Gasteiger partial charge in [-0.15, -0.1) is 0 Å². The molecule has 0 atom stereocenters. The highest BCUT2D eigenvalue weighted by atomic mass is 19.4. The summed E-state index contributed by atoms with van der Waals surface area (Å²) >= 11 is 0. The van der Waals surface area contributed by atoms with Crippen LogP contribution in [0, 0.1) is 17.1 Å². The maximum absolute atomic E-state index is 13.2. The van der Waals surface area contributed by atoms with Crippen molar-refractivity contribution in [1.29, 1.82) is 5.26 Å². The molecule has 86 valence electrons. The standard InChI is InChI=1S/C11H9F4N/c12-10-5-1-3-8(7-16)9(10)4-2-6-11(13,14)15/h1,3,5H,2,4,6H2. The van der Waals surface area contributed by atoms with Crippen molar-refractivity contribution in [1.82, 2.24) is 0 Å². The van der Waals surface area contributed by atoms with Gasteiger partial charge in [-0.25, -0.2) is 4.39 Å². The van der Waals surface area contributed by atoms with E-state index >= 15 is 0 Å². The lowest BCUT2D eigenvalue weighted by Gasteiger charge is -2.07. The van der Waals surface area contributed by atoms with Gasteiger partial charge >= 0.3 is 6.18 Å². The Morgan fingerprint density at radius 3 is 2.50 bits per heavy atom. The number of alkyl halides is 3. The molecule has 0 fully saturated rings. The van der Waals surface area contributed by atoms with E-state index in [2.05, 4.69) is 0 Å². The quantitative estimate of drug-likeness (QED) is 0.729. The summed E-state index contributed by atoms with van der Waals surface area (Å²) in [6.07, 6.45) is -5.49. The molecule has 1 nitrogen and oxygen atoms in total. The molecular formula is C11H9F4N. The molecule has 0 aliphatic rings. The Bertz CT molecular complexity index is 403. The van der Waals surface area contributed by atoms with Crippen molar-refractivity contribution in [2.45, 2.75) is 25.4 Å². The van der Waals surface area contributed by atoms with E-state index in [1.54, 1.807) is 6.07 Å². The Morgan fingerprint density at radius 1 is 1.25 bits per heavy atom. The zero-order valence-electron chi connectivity index (χ0n) is 8.31. The van der Waals surface area contributed by atoms with Gasteiger partial charge in [0.1, 0.15) is 5.82 Å². The van der Waals surface area contributed by atoms with Crippen molar-refractivity contribution < 1.29 is 17.6 Å². The van der Waals surface area contributed by atoms with Crippen molar-refractivity contribution in [2.24, 2.45) is 0 Å². The lowest BCUT2D eigenvalue weighted by atomic mass is 10.0. The van der Waals surface area contributed by atoms with Gasteiger partial charge in [0.05, 0.1) is 11.6 Å². The number of hydrogen-bond donors (Lipinski definition) is 0. The molecule has 0 aliphatic carbocycles. The largest absolute Gasteiger partial charge is 0.389 e. The summed E-state index contributed by atoms with van der Waals surface area (Å²) in [6.45, 7) is 0. The Labute approximate surface area is 90.3 Å². The lowest BCUT2D eigenvalue weighted by Crippen LogP contribution is -2.08. The molecule has 0 aromatic heterocycles. The van der Waals surface area contributed by atoms with E-state index in [0.717, 1.165) is 6.07 Å². The van der Waals surface area contributed by atoms with Crippen molar-refractivity contribution in [3.8, 4) is 6.07 Å². The van der Waals surface area contributed by atoms with Crippen LogP contribution in [0.5, 0.6) is 0 Å². The van der Waals surface area contributed by atoms with E-state index in [0.29, 0.717) is 0 Å². The van der Waals surface area contributed by atoms with Gasteiger partial charge in [-0.05, 0) is 25.0 Å². The zero-order chi connectivity index (χ0) is 12.2. The molecule has 0 saturated heterocycles. The number of nitriles is 1. The second-order valence-corrected chi connectivity index (χ2v) is 3.35. The molecule has 0 amide bonds. The first-order chi connectivity index (χ1) is 7.44. The van der Waals surface area contributed by atoms with E-state index in [-0.39, 0.29) is 24.0 Å². The molecule has 16 heavy (non-hydrogen) atoms. The fraction of sp³-hybridized carbons (Fsp3) is 0.364. The Hall–Kier alpha value is -1.57. The third-order valence-corrected chi connectivity index (χ3v) is 2.13. The zero-order valence-corrected chi connectivity index (χ0v) is 8.31. The Morgan fingerprint density at radius 2 is 1.94 bits per heavy atom. The number of benzene rings is 1. The van der Waals surface area contributed by atoms with E-state index in [9.17, 15) is 17.6 Å². The van der Waals surface area contributed by atoms with Crippen molar-refractivity contribution in [2.75, 3.05) is 0 Å². The molecule has 0 N–H and O–H groups in total. The van der Waals surface area contributed by atoms with Crippen LogP contribution < -0.4 is 0 Å². The third-order valence-electron chi connectivity index (χ3n) is 2.13. The molecule has 0 aliphatic heterocycles. The summed E-state index contributed by atoms with van der Waals surface area (Å²) in [5.41, 5.74) is 0.163. The molecule has 0 bridgehead atoms. The minimum atomic E-state index is -4.24. The van der Waals surface area contributed by atoms with Gasteiger partial charge in [-0.1, -0.05) is 6.07 Å². The smallest absolute Gasteiger partial charge is 0.207 e. The lowest BCUT2D eigenvalue weighted by molar-refractivity contribution is -0.135. The maximum atomic E-state index is 13.2. The van der Waals surface area contributed by atoms with Crippen molar-refractivity contribution >= 4 is 0 Å². The van der Waals surface area contributed by atoms with Crippen LogP contribution in [0.2, 0.25) is 0 Å². The van der Waals surface area contributed by atoms with Gasteiger partial charge < -0.3 is 0 Å². The van der Waals surface area contributed by atoms with E-state index in [1.807, 2.05) is 0 Å². The summed E-state index contributed by atoms with van der Waals surface area (Å²) in [5, 5.41) is 8.66. The fourth-order valence-corrected chi connectivity index (χ4v) is 1.38. The minimum absolute atomic E-state index is 0.0641. The Balaban J connectivity index is 2.71. The average Bonchev–Trinajstić information content (AvgIpc) is 2.18. The van der Waals surface area contributed by atoms with Crippen LogP contribution in [-0.2, 0) is 6.42 Å². The third kappa shape index (κ3) is 3.54. The highest BCUT2D eigenvalue weighted by molar-refractivity contribution is 5.38. The molecule has 0 unspecified atom stereocenters. The second kappa shape index (κ2) is 4.97. The monoisotopic (exact) mass is 231 g/mol. The molecule has 1 aromatic carbocycles. The molecule has 0 spiro atoms. The van der Waals surface area contributed by atoms with Gasteiger partial charge in [0, 0.05) is 12.0 Å². The van der Waals surface area contributed by atoms with Crippen molar-refractivity contribution in [3.63, 3.8) is 0 Å². The average molecular weight is 231 g/mol. The first-order valence-corrected chi connectivity index (χ1v) is 4.68. The molecule has 1 aromatic rings. The normalized spacial score (nSPS) is 11.2. The van der Waals surface area contributed by atoms with Crippen LogP contribution in [0.1, 0.15) is 24.0 Å². The van der Waals surface area contributed by atoms with Crippen LogP contribution in [0.25, 0.3) is 0 Å². The van der Waals surface area contributed by atoms with Gasteiger partial charge in [-0.3, -0.25) is 0 Å². The molecular weight excluding hydrogens is 222 g/mol. The highest BCUT2D eigenvalue weighted by Gasteiger charge is 2.26. The number of nitrogens with zero attached hydrogens (tertiary/aromatic N) is 1. The summed E-state index contributed by atoms with van der Waals surface area (Å²) in [4.78, 5) is 0. The highest BCUT2D eigenvalue weighted by Crippen LogP contribution is 2.24. The molecule has 5 heteroatoms. The molecule has 0 heterocycles. The Kier molecular flexibility index (Phi) is 3.88. The number of hydrogen-bond acceptors (Lipinski definition) is 1. The van der Waals surface area contributed by atoms with E-state index < -0.39 is 18.4 Å². The van der Waals surface area contributed by atoms with Crippen molar-refractivity contribution in [3.05, 3.63) is 35.1 Å². The summed E-state index contributed by atoms with van der Waals surface area (Å²) < 4.78 is 48.9. The van der Waals surface area contributed by atoms with Gasteiger partial charge in [0.15, 0.2) is 0 Å². The topological polar surface area (TPSA) is 23.8 Å². The van der Waals surface area contributed by atoms with Gasteiger partial charge in [0.2, 0.25) is 0 Å². The van der Waals surface area contributed by atoms with Crippen LogP contribution >= 0.6 is 0 Å². The SMILES string of the molecule is N#Cc1cccc(F)c1CCCC(F)(F)F. The molecule has 1 rings (SSSR count). The van der Waals surface area contributed by atoms with E-state index in [4.69, 9.17) is 5.26 Å². The first kappa shape index (κ1) is 12.5. The molecule has 0 saturated carbocycles. The predicted octanol–water partition coefficient (Wildman–Crippen LogP) is 3.58. The fourth-order valence-electron chi connectivity index (χ4n) is 1.38. The van der Waals surface area contributed by atoms with E-state index in [1.165, 1.54) is 12.1 Å². The number of halogens is 4. The van der Waals surface area contributed by atoms with Crippen LogP contribution in [0.4, 0.5) is 17.6 Å². The van der Waals surface area contributed by atoms with Crippen LogP contribution in [-0.4, -0.2) is 6.18 Å². The van der Waals surface area contributed by atoms with Crippen LogP contribution in [0.3, 0.4) is 0 Å². The summed E-state index contributed by atoms with van der Waals surface area (Å²) in [6, 6.07) is 5.66. The maximum Gasteiger partial charge on any atom is 0.389 e. The van der Waals surface area contributed by atoms with Gasteiger partial charge in [0.25, 0.3) is 0 Å². The van der Waals surface area contributed by atoms with Gasteiger partial charge in [-0.2, -0.15) is 18.4 Å². The summed E-state index contributed by atoms with van der Waals surface area (Å²) in [5.74, 6) is -0.624. The minimum Gasteiger partial charge on any atom is -0.207 e. The first-order valence-electron chi connectivity index (χ1n) is 4.68. The predicted molar refractivity (Wildman–Crippen MR) is 50.1 cm³/mol.